The Labute approximate surface area is 318 Å². The standard InChI is InChI=1S/C41H64O13/c1-36(2)14-16-41(35(49)50)17-15-39(6)20(21(41)18-36)8-9-24-38(5)12-11-25(37(3,4)23(38)10-13-40(24,39)7)52-34-29(46)30(28(45)31(54-34)32(47)48)53-33-27(44)26(43)22(42)19-51-33/h22-31,33-34,42-46H,8-19H2,1-7H3,(H,47,48)(H,49,50)/t22-,23+,24-,25+,26+,27-,28+,29-,30+,31+,33+,34-,38+,39-,40-,41+/m1/s1. The molecule has 13 heteroatoms. The average molecular weight is 765 g/mol. The SMILES string of the molecule is CC1(C)CC[C@]2(C(=O)O)CC[C@]3(C)C(=C2C1)CC[C@@H]1[C@@]2(C)CC[C@H](O[C@@H]4O[C@H](C(=O)O)[C@@H](O)[C@H](O[C@@H]5OC[C@@H](O)[C@H](O)[C@H]5O)[C@H]4O)C(C)(C)[C@@H]2CC[C@]13C. The number of allylic oxidation sites excluding steroid dienone is 1. The summed E-state index contributed by atoms with van der Waals surface area (Å²) in [5, 5.41) is 73.6. The van der Waals surface area contributed by atoms with Gasteiger partial charge in [-0.3, -0.25) is 4.79 Å². The highest BCUT2D eigenvalue weighted by atomic mass is 16.7. The van der Waals surface area contributed by atoms with Crippen molar-refractivity contribution in [2.75, 3.05) is 6.61 Å². The van der Waals surface area contributed by atoms with Crippen LogP contribution in [0.25, 0.3) is 0 Å². The quantitative estimate of drug-likeness (QED) is 0.152. The number of aliphatic hydroxyl groups excluding tert-OH is 5. The highest BCUT2D eigenvalue weighted by molar-refractivity contribution is 5.80. The molecule has 0 amide bonds. The molecule has 13 nitrogen and oxygen atoms in total. The lowest BCUT2D eigenvalue weighted by Gasteiger charge is -2.71. The molecule has 0 spiro atoms. The Hall–Kier alpha value is -1.68. The second kappa shape index (κ2) is 13.4. The number of hydrogen-bond acceptors (Lipinski definition) is 11. The molecular formula is C41H64O13. The molecule has 0 aromatic heterocycles. The van der Waals surface area contributed by atoms with Gasteiger partial charge in [0.1, 0.15) is 36.6 Å². The van der Waals surface area contributed by atoms with Crippen molar-refractivity contribution in [1.29, 1.82) is 0 Å². The molecule has 2 aliphatic heterocycles. The molecule has 0 aromatic carbocycles. The van der Waals surface area contributed by atoms with Gasteiger partial charge in [-0.05, 0) is 110 Å². The maximum Gasteiger partial charge on any atom is 0.335 e. The van der Waals surface area contributed by atoms with Crippen LogP contribution in [-0.2, 0) is 28.5 Å². The Morgan fingerprint density at radius 2 is 1.39 bits per heavy atom. The number of rotatable bonds is 6. The molecule has 54 heavy (non-hydrogen) atoms. The van der Waals surface area contributed by atoms with E-state index in [0.29, 0.717) is 25.2 Å². The molecule has 2 heterocycles. The molecule has 7 aliphatic rings. The number of carboxylic acid groups (broad SMARTS) is 2. The normalized spacial score (nSPS) is 51.3. The molecule has 7 rings (SSSR count). The van der Waals surface area contributed by atoms with Gasteiger partial charge in [0.15, 0.2) is 18.7 Å². The van der Waals surface area contributed by atoms with Gasteiger partial charge in [-0.15, -0.1) is 0 Å². The number of hydrogen-bond donors (Lipinski definition) is 7. The molecule has 0 radical (unpaired) electrons. The third kappa shape index (κ3) is 5.88. The lowest BCUT2D eigenvalue weighted by atomic mass is 9.34. The Kier molecular flexibility index (Phi) is 10.1. The van der Waals surface area contributed by atoms with Crippen molar-refractivity contribution in [1.82, 2.24) is 0 Å². The summed E-state index contributed by atoms with van der Waals surface area (Å²) in [6.45, 7) is 15.9. The summed E-state index contributed by atoms with van der Waals surface area (Å²) in [5.41, 5.74) is 1.37. The zero-order valence-electron chi connectivity index (χ0n) is 33.0. The molecule has 2 saturated heterocycles. The number of carbonyl (C=O) groups is 2. The molecule has 16 atom stereocenters. The zero-order chi connectivity index (χ0) is 39.6. The highest BCUT2D eigenvalue weighted by Gasteiger charge is 2.69. The number of fused-ring (bicyclic) bond motifs is 6. The van der Waals surface area contributed by atoms with Crippen molar-refractivity contribution < 1.29 is 64.3 Å². The first-order valence-electron chi connectivity index (χ1n) is 20.2. The maximum atomic E-state index is 13.0. The monoisotopic (exact) mass is 764 g/mol. The van der Waals surface area contributed by atoms with Crippen LogP contribution in [0.5, 0.6) is 0 Å². The van der Waals surface area contributed by atoms with E-state index in [4.69, 9.17) is 18.9 Å². The van der Waals surface area contributed by atoms with E-state index >= 15 is 0 Å². The zero-order valence-corrected chi connectivity index (χ0v) is 33.0. The van der Waals surface area contributed by atoms with E-state index in [9.17, 15) is 45.3 Å². The van der Waals surface area contributed by atoms with Gasteiger partial charge in [-0.25, -0.2) is 4.79 Å². The predicted octanol–water partition coefficient (Wildman–Crippen LogP) is 3.76. The van der Waals surface area contributed by atoms with Crippen molar-refractivity contribution in [2.45, 2.75) is 181 Å². The minimum Gasteiger partial charge on any atom is -0.481 e. The molecular weight excluding hydrogens is 700 g/mol. The van der Waals surface area contributed by atoms with Gasteiger partial charge < -0.3 is 54.7 Å². The second-order valence-corrected chi connectivity index (χ2v) is 20.2. The minimum atomic E-state index is -1.86. The third-order valence-electron chi connectivity index (χ3n) is 16.7. The van der Waals surface area contributed by atoms with E-state index in [0.717, 1.165) is 51.4 Å². The topological polar surface area (TPSA) is 213 Å². The second-order valence-electron chi connectivity index (χ2n) is 20.2. The van der Waals surface area contributed by atoms with Crippen molar-refractivity contribution in [3.05, 3.63) is 11.1 Å². The molecule has 5 aliphatic carbocycles. The summed E-state index contributed by atoms with van der Waals surface area (Å²) in [4.78, 5) is 25.3. The fourth-order valence-corrected chi connectivity index (χ4v) is 13.4. The Bertz CT molecular complexity index is 1530. The van der Waals surface area contributed by atoms with Gasteiger partial charge in [0.25, 0.3) is 0 Å². The first kappa shape index (κ1) is 40.5. The van der Waals surface area contributed by atoms with E-state index in [1.165, 1.54) is 11.1 Å². The molecule has 0 bridgehead atoms. The number of aliphatic hydroxyl groups is 5. The van der Waals surface area contributed by atoms with E-state index < -0.39 is 84.2 Å². The Morgan fingerprint density at radius 1 is 0.704 bits per heavy atom. The molecule has 6 fully saturated rings. The van der Waals surface area contributed by atoms with E-state index in [2.05, 4.69) is 48.5 Å². The summed E-state index contributed by atoms with van der Waals surface area (Å²) >= 11 is 0. The first-order valence-corrected chi connectivity index (χ1v) is 20.2. The average Bonchev–Trinajstić information content (AvgIpc) is 3.08. The fourth-order valence-electron chi connectivity index (χ4n) is 13.4. The van der Waals surface area contributed by atoms with Gasteiger partial charge in [0.2, 0.25) is 0 Å². The van der Waals surface area contributed by atoms with Crippen LogP contribution in [0, 0.1) is 44.3 Å². The first-order chi connectivity index (χ1) is 25.0. The predicted molar refractivity (Wildman–Crippen MR) is 193 cm³/mol. The fraction of sp³-hybridized carbons (Fsp3) is 0.902. The van der Waals surface area contributed by atoms with Crippen LogP contribution in [0.3, 0.4) is 0 Å². The van der Waals surface area contributed by atoms with Crippen LogP contribution in [0.15, 0.2) is 11.1 Å². The highest BCUT2D eigenvalue weighted by Crippen LogP contribution is 2.75. The van der Waals surface area contributed by atoms with Gasteiger partial charge >= 0.3 is 11.9 Å². The van der Waals surface area contributed by atoms with E-state index in [-0.39, 0.29) is 34.2 Å². The largest absolute Gasteiger partial charge is 0.481 e. The third-order valence-corrected chi connectivity index (χ3v) is 16.7. The molecule has 4 saturated carbocycles. The van der Waals surface area contributed by atoms with Crippen molar-refractivity contribution in [2.24, 2.45) is 44.3 Å². The minimum absolute atomic E-state index is 0.0255. The van der Waals surface area contributed by atoms with Crippen LogP contribution < -0.4 is 0 Å². The summed E-state index contributed by atoms with van der Waals surface area (Å²) in [6.07, 6.45) is -5.81. The van der Waals surface area contributed by atoms with Crippen molar-refractivity contribution >= 4 is 11.9 Å². The van der Waals surface area contributed by atoms with E-state index in [1.807, 2.05) is 0 Å². The summed E-state index contributed by atoms with van der Waals surface area (Å²) in [6, 6.07) is 0. The smallest absolute Gasteiger partial charge is 0.335 e. The van der Waals surface area contributed by atoms with Crippen LogP contribution in [0.1, 0.15) is 119 Å². The summed E-state index contributed by atoms with van der Waals surface area (Å²) < 4.78 is 23.4. The van der Waals surface area contributed by atoms with Crippen molar-refractivity contribution in [3.63, 3.8) is 0 Å². The molecule has 0 unspecified atom stereocenters. The Morgan fingerprint density at radius 3 is 2.06 bits per heavy atom. The number of carboxylic acids is 2. The van der Waals surface area contributed by atoms with Crippen LogP contribution in [0.4, 0.5) is 0 Å². The van der Waals surface area contributed by atoms with Crippen LogP contribution >= 0.6 is 0 Å². The molecule has 0 aromatic rings. The molecule has 306 valence electrons. The molecule has 7 N–H and O–H groups in total. The van der Waals surface area contributed by atoms with E-state index in [1.54, 1.807) is 0 Å². The maximum absolute atomic E-state index is 13.0. The van der Waals surface area contributed by atoms with Crippen LogP contribution in [-0.4, -0.2) is 116 Å². The van der Waals surface area contributed by atoms with Crippen LogP contribution in [0.2, 0.25) is 0 Å². The lowest BCUT2D eigenvalue weighted by Crippen LogP contribution is -2.66. The summed E-state index contributed by atoms with van der Waals surface area (Å²) in [7, 11) is 0. The van der Waals surface area contributed by atoms with Gasteiger partial charge in [-0.1, -0.05) is 59.6 Å². The van der Waals surface area contributed by atoms with Gasteiger partial charge in [0, 0.05) is 0 Å². The van der Waals surface area contributed by atoms with Gasteiger partial charge in [-0.2, -0.15) is 0 Å². The van der Waals surface area contributed by atoms with Crippen molar-refractivity contribution in [3.8, 4) is 0 Å². The van der Waals surface area contributed by atoms with Gasteiger partial charge in [0.05, 0.1) is 18.1 Å². The lowest BCUT2D eigenvalue weighted by molar-refractivity contribution is -0.357. The number of aliphatic carboxylic acids is 2. The Balaban J connectivity index is 1.13. The summed E-state index contributed by atoms with van der Waals surface area (Å²) in [5.74, 6) is -1.52. The number of ether oxygens (including phenoxy) is 4.